The van der Waals surface area contributed by atoms with E-state index in [-0.39, 0.29) is 5.82 Å². The fraction of sp³-hybridized carbons (Fsp3) is 0.273. The maximum absolute atomic E-state index is 13.4. The molecule has 0 unspecified atom stereocenters. The summed E-state index contributed by atoms with van der Waals surface area (Å²) in [6, 6.07) is 5.96. The number of aryl methyl sites for hydroxylation is 2. The summed E-state index contributed by atoms with van der Waals surface area (Å²) in [6.07, 6.45) is 1.01. The topological polar surface area (TPSA) is 0 Å². The monoisotopic (exact) mass is 194 g/mol. The molecule has 1 aromatic carbocycles. The molecular formula is C11H11FS. The minimum absolute atomic E-state index is 0.0531. The van der Waals surface area contributed by atoms with Gasteiger partial charge in [-0.05, 0) is 25.0 Å². The van der Waals surface area contributed by atoms with Crippen molar-refractivity contribution in [2.45, 2.75) is 20.3 Å². The molecule has 0 nitrogen and oxygen atoms in total. The summed E-state index contributed by atoms with van der Waals surface area (Å²) in [5.74, 6) is -0.0531. The highest BCUT2D eigenvalue weighted by molar-refractivity contribution is 7.19. The molecule has 0 aliphatic carbocycles. The van der Waals surface area contributed by atoms with Crippen LogP contribution in [0.2, 0.25) is 0 Å². The highest BCUT2D eigenvalue weighted by Crippen LogP contribution is 2.29. The Morgan fingerprint density at radius 3 is 2.85 bits per heavy atom. The summed E-state index contributed by atoms with van der Waals surface area (Å²) in [7, 11) is 0. The molecule has 1 aromatic heterocycles. The van der Waals surface area contributed by atoms with Crippen molar-refractivity contribution < 1.29 is 4.39 Å². The van der Waals surface area contributed by atoms with Crippen LogP contribution in [0.5, 0.6) is 0 Å². The molecule has 0 fully saturated rings. The summed E-state index contributed by atoms with van der Waals surface area (Å²) in [5, 5.41) is 0.764. The second-order valence-corrected chi connectivity index (χ2v) is 4.41. The molecule has 2 heteroatoms. The van der Waals surface area contributed by atoms with E-state index in [9.17, 15) is 4.39 Å². The number of thiophene rings is 1. The van der Waals surface area contributed by atoms with Crippen molar-refractivity contribution >= 4 is 21.4 Å². The van der Waals surface area contributed by atoms with Crippen LogP contribution in [0.3, 0.4) is 0 Å². The molecule has 0 aliphatic heterocycles. The van der Waals surface area contributed by atoms with Crippen LogP contribution >= 0.6 is 11.3 Å². The smallest absolute Gasteiger partial charge is 0.144 e. The van der Waals surface area contributed by atoms with Gasteiger partial charge in [-0.1, -0.05) is 19.1 Å². The van der Waals surface area contributed by atoms with E-state index in [0.29, 0.717) is 0 Å². The highest BCUT2D eigenvalue weighted by atomic mass is 32.1. The Balaban J connectivity index is 2.73. The van der Waals surface area contributed by atoms with Crippen molar-refractivity contribution in [2.24, 2.45) is 0 Å². The Morgan fingerprint density at radius 2 is 2.15 bits per heavy atom. The predicted molar refractivity (Wildman–Crippen MR) is 55.9 cm³/mol. The van der Waals surface area contributed by atoms with E-state index < -0.39 is 0 Å². The maximum atomic E-state index is 13.4. The number of fused-ring (bicyclic) bond motifs is 1. The lowest BCUT2D eigenvalue weighted by Gasteiger charge is -1.95. The van der Waals surface area contributed by atoms with Gasteiger partial charge in [0.05, 0.1) is 0 Å². The second-order valence-electron chi connectivity index (χ2n) is 3.16. The van der Waals surface area contributed by atoms with Crippen LogP contribution in [0.15, 0.2) is 18.2 Å². The predicted octanol–water partition coefficient (Wildman–Crippen LogP) is 3.91. The van der Waals surface area contributed by atoms with E-state index in [2.05, 4.69) is 13.0 Å². The lowest BCUT2D eigenvalue weighted by atomic mass is 10.1. The largest absolute Gasteiger partial charge is 0.205 e. The first kappa shape index (κ1) is 8.70. The molecule has 0 saturated heterocycles. The molecule has 0 atom stereocenters. The van der Waals surface area contributed by atoms with Gasteiger partial charge < -0.3 is 0 Å². The van der Waals surface area contributed by atoms with Gasteiger partial charge in [-0.2, -0.15) is 0 Å². The minimum atomic E-state index is -0.0531. The average molecular weight is 194 g/mol. The fourth-order valence-corrected chi connectivity index (χ4v) is 2.46. The number of hydrogen-bond donors (Lipinski definition) is 0. The van der Waals surface area contributed by atoms with Crippen LogP contribution in [-0.4, -0.2) is 0 Å². The van der Waals surface area contributed by atoms with Gasteiger partial charge in [-0.3, -0.25) is 0 Å². The first-order chi connectivity index (χ1) is 6.22. The third-order valence-electron chi connectivity index (χ3n) is 2.26. The van der Waals surface area contributed by atoms with Crippen molar-refractivity contribution in [1.29, 1.82) is 0 Å². The van der Waals surface area contributed by atoms with Crippen molar-refractivity contribution in [3.8, 4) is 0 Å². The molecule has 0 amide bonds. The van der Waals surface area contributed by atoms with Crippen molar-refractivity contribution in [2.75, 3.05) is 0 Å². The molecule has 68 valence electrons. The first-order valence-electron chi connectivity index (χ1n) is 4.40. The molecule has 0 spiro atoms. The van der Waals surface area contributed by atoms with Gasteiger partial charge in [-0.15, -0.1) is 11.3 Å². The zero-order chi connectivity index (χ0) is 9.42. The van der Waals surface area contributed by atoms with E-state index >= 15 is 0 Å². The Bertz CT molecular complexity index is 443. The van der Waals surface area contributed by atoms with Crippen molar-refractivity contribution in [1.82, 2.24) is 0 Å². The van der Waals surface area contributed by atoms with Crippen LogP contribution in [-0.2, 0) is 6.42 Å². The van der Waals surface area contributed by atoms with Gasteiger partial charge in [0, 0.05) is 15.0 Å². The SMILES string of the molecule is CCc1ccc2c(F)c(C)sc2c1. The van der Waals surface area contributed by atoms with E-state index in [1.807, 2.05) is 19.1 Å². The summed E-state index contributed by atoms with van der Waals surface area (Å²) in [4.78, 5) is 0.781. The second kappa shape index (κ2) is 3.11. The molecule has 0 bridgehead atoms. The van der Waals surface area contributed by atoms with Gasteiger partial charge >= 0.3 is 0 Å². The van der Waals surface area contributed by atoms with Crippen LogP contribution in [0.4, 0.5) is 4.39 Å². The minimum Gasteiger partial charge on any atom is -0.205 e. The maximum Gasteiger partial charge on any atom is 0.144 e. The molecule has 2 rings (SSSR count). The summed E-state index contributed by atoms with van der Waals surface area (Å²) in [6.45, 7) is 3.93. The molecule has 2 aromatic rings. The summed E-state index contributed by atoms with van der Waals surface area (Å²) >= 11 is 1.53. The number of halogens is 1. The standard InChI is InChI=1S/C11H11FS/c1-3-8-4-5-9-10(6-8)13-7(2)11(9)12/h4-6H,3H2,1-2H3. The molecular weight excluding hydrogens is 183 g/mol. The summed E-state index contributed by atoms with van der Waals surface area (Å²) < 4.78 is 14.5. The summed E-state index contributed by atoms with van der Waals surface area (Å²) in [5.41, 5.74) is 1.27. The van der Waals surface area contributed by atoms with Gasteiger partial charge in [0.15, 0.2) is 0 Å². The number of rotatable bonds is 1. The van der Waals surface area contributed by atoms with Crippen LogP contribution in [0, 0.1) is 12.7 Å². The van der Waals surface area contributed by atoms with Gasteiger partial charge in [0.25, 0.3) is 0 Å². The van der Waals surface area contributed by atoms with Gasteiger partial charge in [-0.25, -0.2) is 4.39 Å². The van der Waals surface area contributed by atoms with E-state index in [1.54, 1.807) is 0 Å². The van der Waals surface area contributed by atoms with Gasteiger partial charge in [0.2, 0.25) is 0 Å². The Labute approximate surface area is 81.0 Å². The van der Waals surface area contributed by atoms with E-state index in [1.165, 1.54) is 16.9 Å². The van der Waals surface area contributed by atoms with Crippen LogP contribution < -0.4 is 0 Å². The quantitative estimate of drug-likeness (QED) is 0.645. The van der Waals surface area contributed by atoms with Crippen molar-refractivity contribution in [3.05, 3.63) is 34.5 Å². The van der Waals surface area contributed by atoms with E-state index in [4.69, 9.17) is 0 Å². The third kappa shape index (κ3) is 1.35. The molecule has 0 aliphatic rings. The fourth-order valence-electron chi connectivity index (χ4n) is 1.45. The molecule has 13 heavy (non-hydrogen) atoms. The third-order valence-corrected chi connectivity index (χ3v) is 3.31. The molecule has 0 radical (unpaired) electrons. The Hall–Kier alpha value is -0.890. The number of benzene rings is 1. The lowest BCUT2D eigenvalue weighted by molar-refractivity contribution is 0.636. The number of hydrogen-bond acceptors (Lipinski definition) is 1. The van der Waals surface area contributed by atoms with E-state index in [0.717, 1.165) is 21.4 Å². The van der Waals surface area contributed by atoms with Crippen LogP contribution in [0.1, 0.15) is 17.4 Å². The Kier molecular flexibility index (Phi) is 2.08. The zero-order valence-electron chi connectivity index (χ0n) is 7.73. The molecule has 0 saturated carbocycles. The normalized spacial score (nSPS) is 11.0. The van der Waals surface area contributed by atoms with Gasteiger partial charge in [0.1, 0.15) is 5.82 Å². The van der Waals surface area contributed by atoms with Crippen molar-refractivity contribution in [3.63, 3.8) is 0 Å². The first-order valence-corrected chi connectivity index (χ1v) is 5.21. The molecule has 0 N–H and O–H groups in total. The zero-order valence-corrected chi connectivity index (χ0v) is 8.54. The average Bonchev–Trinajstić information content (AvgIpc) is 2.42. The lowest BCUT2D eigenvalue weighted by Crippen LogP contribution is -1.78. The van der Waals surface area contributed by atoms with Crippen LogP contribution in [0.25, 0.3) is 10.1 Å². The highest BCUT2D eigenvalue weighted by Gasteiger charge is 2.07. The Morgan fingerprint density at radius 1 is 1.38 bits per heavy atom. The molecule has 1 heterocycles.